The van der Waals surface area contributed by atoms with Crippen LogP contribution in [0.4, 0.5) is 5.69 Å². The number of aliphatic imine (C=N–C) groups is 1. The van der Waals surface area contributed by atoms with Gasteiger partial charge in [-0.3, -0.25) is 10.8 Å². The minimum atomic E-state index is -0.390. The van der Waals surface area contributed by atoms with E-state index in [1.54, 1.807) is 0 Å². The lowest BCUT2D eigenvalue weighted by molar-refractivity contribution is 0.199. The second kappa shape index (κ2) is 15.5. The fourth-order valence-electron chi connectivity index (χ4n) is 11.0. The van der Waals surface area contributed by atoms with E-state index in [0.717, 1.165) is 23.1 Å². The van der Waals surface area contributed by atoms with Crippen LogP contribution in [-0.4, -0.2) is 17.3 Å². The predicted octanol–water partition coefficient (Wildman–Crippen LogP) is 13.7. The molecular formula is C58H46N4S. The van der Waals surface area contributed by atoms with Crippen LogP contribution in [-0.2, 0) is 12.0 Å². The van der Waals surface area contributed by atoms with E-state index >= 15 is 0 Å². The molecule has 0 radical (unpaired) electrons. The summed E-state index contributed by atoms with van der Waals surface area (Å²) in [7, 11) is 0. The number of nitrogens with two attached hydrogens (primary N) is 1. The van der Waals surface area contributed by atoms with Crippen molar-refractivity contribution < 1.29 is 0 Å². The van der Waals surface area contributed by atoms with Gasteiger partial charge in [-0.15, -0.1) is 11.3 Å². The Morgan fingerprint density at radius 3 is 2.10 bits per heavy atom. The number of nitrogens with one attached hydrogen (secondary N) is 1. The smallest absolute Gasteiger partial charge is 0.140 e. The Labute approximate surface area is 372 Å². The van der Waals surface area contributed by atoms with Crippen LogP contribution in [0.3, 0.4) is 0 Å². The molecule has 0 amide bonds. The maximum absolute atomic E-state index is 6.87. The van der Waals surface area contributed by atoms with Gasteiger partial charge in [-0.2, -0.15) is 0 Å². The molecule has 12 rings (SSSR count). The second-order valence-electron chi connectivity index (χ2n) is 17.2. The molecule has 0 saturated carbocycles. The number of hydrogen-bond acceptors (Lipinski definition) is 5. The zero-order valence-corrected chi connectivity index (χ0v) is 35.6. The van der Waals surface area contributed by atoms with Crippen molar-refractivity contribution in [1.29, 1.82) is 0 Å². The number of benzene rings is 7. The van der Waals surface area contributed by atoms with Gasteiger partial charge in [-0.1, -0.05) is 200 Å². The Kier molecular flexibility index (Phi) is 9.29. The molecule has 0 bridgehead atoms. The summed E-state index contributed by atoms with van der Waals surface area (Å²) in [6.07, 6.45) is 21.0. The van der Waals surface area contributed by atoms with Gasteiger partial charge in [0.1, 0.15) is 6.17 Å². The lowest BCUT2D eigenvalue weighted by atomic mass is 9.61. The zero-order valence-electron chi connectivity index (χ0n) is 34.8. The highest BCUT2D eigenvalue weighted by atomic mass is 32.1. The minimum Gasteiger partial charge on any atom is -0.377 e. The van der Waals surface area contributed by atoms with Gasteiger partial charge in [0.15, 0.2) is 0 Å². The summed E-state index contributed by atoms with van der Waals surface area (Å²) in [5.41, 5.74) is 14.8. The summed E-state index contributed by atoms with van der Waals surface area (Å²) in [5, 5.41) is 8.62. The highest BCUT2D eigenvalue weighted by Crippen LogP contribution is 2.62. The van der Waals surface area contributed by atoms with Crippen molar-refractivity contribution in [2.75, 3.05) is 5.32 Å². The summed E-state index contributed by atoms with van der Waals surface area (Å²) in [6.45, 7) is 0.570. The molecule has 3 aliphatic carbocycles. The third-order valence-electron chi connectivity index (χ3n) is 13.8. The first kappa shape index (κ1) is 37.8. The van der Waals surface area contributed by atoms with Crippen LogP contribution in [0.15, 0.2) is 211 Å². The molecule has 4 atom stereocenters. The van der Waals surface area contributed by atoms with E-state index in [4.69, 9.17) is 10.8 Å². The Morgan fingerprint density at radius 1 is 0.667 bits per heavy atom. The molecule has 4 nitrogen and oxygen atoms in total. The molecule has 1 aromatic heterocycles. The number of nitrogens with zero attached hydrogens (tertiary/aromatic N) is 2. The van der Waals surface area contributed by atoms with Gasteiger partial charge in [0.2, 0.25) is 0 Å². The number of rotatable bonds is 9. The van der Waals surface area contributed by atoms with Gasteiger partial charge in [0.25, 0.3) is 0 Å². The van der Waals surface area contributed by atoms with Crippen LogP contribution in [0.5, 0.6) is 0 Å². The van der Waals surface area contributed by atoms with Gasteiger partial charge in [-0.25, -0.2) is 5.01 Å². The Balaban J connectivity index is 1.02. The molecule has 304 valence electrons. The SMILES string of the molecule is NN(Cc1ccccc1)C(N=Cc1ccccc1)c1ccc(-c2cccc3c2sc2c4c(c(C5([C@H]6C=CC=CC6)c6ccccc6-c6ccccc65)cc23)NC2C=CC=CC42)cc1. The largest absolute Gasteiger partial charge is 0.377 e. The minimum absolute atomic E-state index is 0.193. The summed E-state index contributed by atoms with van der Waals surface area (Å²) >= 11 is 1.95. The molecule has 8 aromatic rings. The summed E-state index contributed by atoms with van der Waals surface area (Å²) in [6, 6.07) is 57.5. The number of fused-ring (bicyclic) bond motifs is 10. The Morgan fingerprint density at radius 2 is 1.35 bits per heavy atom. The van der Waals surface area contributed by atoms with Crippen molar-refractivity contribution in [1.82, 2.24) is 5.01 Å². The summed E-state index contributed by atoms with van der Waals surface area (Å²) < 4.78 is 2.68. The van der Waals surface area contributed by atoms with Crippen LogP contribution < -0.4 is 11.2 Å². The number of anilines is 1. The molecule has 7 aromatic carbocycles. The molecule has 63 heavy (non-hydrogen) atoms. The second-order valence-corrected chi connectivity index (χ2v) is 18.3. The normalized spacial score (nSPS) is 19.4. The first-order valence-electron chi connectivity index (χ1n) is 22.1. The fourth-order valence-corrected chi connectivity index (χ4v) is 12.4. The quantitative estimate of drug-likeness (QED) is 0.0865. The van der Waals surface area contributed by atoms with E-state index in [1.165, 1.54) is 70.4 Å². The maximum atomic E-state index is 6.87. The van der Waals surface area contributed by atoms with E-state index in [0.29, 0.717) is 6.54 Å². The Bertz CT molecular complexity index is 3150. The molecule has 4 aliphatic rings. The van der Waals surface area contributed by atoms with Gasteiger partial charge in [0, 0.05) is 50.1 Å². The van der Waals surface area contributed by atoms with Crippen molar-refractivity contribution in [2.45, 2.75) is 36.5 Å². The van der Waals surface area contributed by atoms with Gasteiger partial charge < -0.3 is 5.32 Å². The fraction of sp³-hybridized carbons (Fsp3) is 0.121. The third-order valence-corrected chi connectivity index (χ3v) is 15.1. The molecule has 1 aliphatic heterocycles. The predicted molar refractivity (Wildman–Crippen MR) is 264 cm³/mol. The molecule has 2 heterocycles. The average Bonchev–Trinajstić information content (AvgIpc) is 4.01. The average molecular weight is 831 g/mol. The molecular weight excluding hydrogens is 785 g/mol. The van der Waals surface area contributed by atoms with Crippen LogP contribution in [0.25, 0.3) is 42.4 Å². The number of hydrogen-bond donors (Lipinski definition) is 2. The highest BCUT2D eigenvalue weighted by Gasteiger charge is 2.52. The highest BCUT2D eigenvalue weighted by molar-refractivity contribution is 7.26. The maximum Gasteiger partial charge on any atom is 0.140 e. The lowest BCUT2D eigenvalue weighted by Gasteiger charge is -2.41. The summed E-state index contributed by atoms with van der Waals surface area (Å²) in [5.74, 6) is 7.34. The first-order chi connectivity index (χ1) is 31.2. The number of thiophene rings is 1. The van der Waals surface area contributed by atoms with Gasteiger partial charge >= 0.3 is 0 Å². The zero-order chi connectivity index (χ0) is 41.9. The monoisotopic (exact) mass is 830 g/mol. The van der Waals surface area contributed by atoms with E-state index in [2.05, 4.69) is 187 Å². The Hall–Kier alpha value is -6.89. The molecule has 5 heteroatoms. The van der Waals surface area contributed by atoms with E-state index < -0.39 is 0 Å². The van der Waals surface area contributed by atoms with Crippen molar-refractivity contribution >= 4 is 43.4 Å². The van der Waals surface area contributed by atoms with Crippen molar-refractivity contribution in [3.63, 3.8) is 0 Å². The van der Waals surface area contributed by atoms with E-state index in [1.807, 2.05) is 46.8 Å². The van der Waals surface area contributed by atoms with Gasteiger partial charge in [-0.05, 0) is 74.0 Å². The summed E-state index contributed by atoms with van der Waals surface area (Å²) in [4.78, 5) is 5.07. The van der Waals surface area contributed by atoms with Crippen molar-refractivity contribution in [2.24, 2.45) is 16.8 Å². The number of hydrazine groups is 1. The van der Waals surface area contributed by atoms with Crippen LogP contribution >= 0.6 is 11.3 Å². The molecule has 3 N–H and O–H groups in total. The topological polar surface area (TPSA) is 53.6 Å². The van der Waals surface area contributed by atoms with Crippen molar-refractivity contribution in [3.8, 4) is 22.3 Å². The van der Waals surface area contributed by atoms with Crippen LogP contribution in [0.1, 0.15) is 57.4 Å². The van der Waals surface area contributed by atoms with Crippen molar-refractivity contribution in [3.05, 3.63) is 245 Å². The van der Waals surface area contributed by atoms with Crippen LogP contribution in [0.2, 0.25) is 0 Å². The lowest BCUT2D eigenvalue weighted by Crippen LogP contribution is -2.36. The first-order valence-corrected chi connectivity index (χ1v) is 22.9. The van der Waals surface area contributed by atoms with E-state index in [-0.39, 0.29) is 29.5 Å². The van der Waals surface area contributed by atoms with Crippen LogP contribution in [0, 0.1) is 5.92 Å². The van der Waals surface area contributed by atoms with Gasteiger partial charge in [0.05, 0.1) is 11.5 Å². The van der Waals surface area contributed by atoms with E-state index in [9.17, 15) is 0 Å². The standard InChI is InChI=1S/C58H46N4S/c59-62(37-39-19-6-2-7-20-39)57(60-36-38-17-4-1-5-18-38)41-33-31-40(32-34-41)43-26-16-27-46-48-35-51(54-53(56(48)63-55(43)46)47-25-12-15-30-52(47)61-54)58(42-21-8-3-9-22-42)49-28-13-10-23-44(49)45-24-11-14-29-50(45)58/h1-21,23-36,42,47,52,57,61H,22,37,59H2/t42-,47?,52?,57?/m0/s1. The molecule has 0 saturated heterocycles. The molecule has 0 fully saturated rings. The third kappa shape index (κ3) is 6.14. The molecule has 0 spiro atoms. The molecule has 3 unspecified atom stereocenters. The number of allylic oxidation sites excluding steroid dienone is 6.